The minimum atomic E-state index is -4.36. The average Bonchev–Trinajstić information content (AvgIpc) is 3.13. The van der Waals surface area contributed by atoms with Crippen LogP contribution in [0.3, 0.4) is 0 Å². The second-order valence-corrected chi connectivity index (χ2v) is 5.70. The number of benzene rings is 2. The molecule has 27 heavy (non-hydrogen) atoms. The van der Waals surface area contributed by atoms with Crippen molar-refractivity contribution in [1.82, 2.24) is 14.6 Å². The van der Waals surface area contributed by atoms with E-state index in [1.165, 1.54) is 12.1 Å². The summed E-state index contributed by atoms with van der Waals surface area (Å²) >= 11 is 0. The Hall–Kier alpha value is -3.55. The van der Waals surface area contributed by atoms with Crippen molar-refractivity contribution in [2.24, 2.45) is 0 Å². The van der Waals surface area contributed by atoms with Crippen LogP contribution in [0.25, 0.3) is 5.65 Å². The van der Waals surface area contributed by atoms with E-state index in [-0.39, 0.29) is 0 Å². The lowest BCUT2D eigenvalue weighted by Gasteiger charge is -2.11. The summed E-state index contributed by atoms with van der Waals surface area (Å²) in [5.41, 5.74) is 0.816. The van der Waals surface area contributed by atoms with Crippen LogP contribution in [0.5, 0.6) is 11.5 Å². The molecule has 0 aliphatic heterocycles. The summed E-state index contributed by atoms with van der Waals surface area (Å²) in [6, 6.07) is 15.2. The van der Waals surface area contributed by atoms with E-state index in [2.05, 4.69) is 15.4 Å². The third-order valence-electron chi connectivity index (χ3n) is 3.83. The molecule has 0 amide bonds. The molecule has 8 heteroatoms. The number of aromatic nitrogens is 3. The van der Waals surface area contributed by atoms with Gasteiger partial charge in [-0.1, -0.05) is 0 Å². The second-order valence-electron chi connectivity index (χ2n) is 5.70. The normalized spacial score (nSPS) is 11.5. The molecule has 0 bridgehead atoms. The Labute approximate surface area is 152 Å². The molecule has 0 unspecified atom stereocenters. The zero-order valence-electron chi connectivity index (χ0n) is 13.8. The monoisotopic (exact) mass is 370 g/mol. The van der Waals surface area contributed by atoms with Gasteiger partial charge in [-0.15, -0.1) is 0 Å². The van der Waals surface area contributed by atoms with Crippen LogP contribution >= 0.6 is 0 Å². The molecule has 0 saturated carbocycles. The Kier molecular flexibility index (Phi) is 4.15. The van der Waals surface area contributed by atoms with Crippen molar-refractivity contribution in [1.29, 1.82) is 0 Å². The first-order chi connectivity index (χ1) is 13.0. The van der Waals surface area contributed by atoms with Gasteiger partial charge in [0.25, 0.3) is 0 Å². The van der Waals surface area contributed by atoms with E-state index in [0.717, 1.165) is 29.3 Å². The molecular weight excluding hydrogens is 357 g/mol. The van der Waals surface area contributed by atoms with Gasteiger partial charge in [0.05, 0.1) is 11.8 Å². The molecule has 1 N–H and O–H groups in total. The van der Waals surface area contributed by atoms with Gasteiger partial charge in [0, 0.05) is 18.0 Å². The van der Waals surface area contributed by atoms with Gasteiger partial charge in [-0.05, 0) is 54.6 Å². The maximum Gasteiger partial charge on any atom is 0.416 e. The Bertz CT molecular complexity index is 1060. The van der Waals surface area contributed by atoms with Crippen LogP contribution in [-0.4, -0.2) is 14.6 Å². The maximum atomic E-state index is 12.6. The van der Waals surface area contributed by atoms with Gasteiger partial charge in [-0.2, -0.15) is 22.8 Å². The molecule has 5 nitrogen and oxygen atoms in total. The highest BCUT2D eigenvalue weighted by Crippen LogP contribution is 2.31. The van der Waals surface area contributed by atoms with Gasteiger partial charge in [-0.25, -0.2) is 4.98 Å². The van der Waals surface area contributed by atoms with Crippen molar-refractivity contribution in [3.05, 3.63) is 78.6 Å². The third-order valence-corrected chi connectivity index (χ3v) is 3.83. The lowest BCUT2D eigenvalue weighted by atomic mass is 10.2. The standard InChI is InChI=1S/C19H13F3N4O/c20-19(21,22)13-1-5-15(6-2-13)27-16-7-3-14(4-8-16)25-18-9-11-23-17-10-12-24-26(17)18/h1-12,25H. The van der Waals surface area contributed by atoms with Crippen LogP contribution in [0.1, 0.15) is 5.56 Å². The van der Waals surface area contributed by atoms with Gasteiger partial charge in [0.15, 0.2) is 5.65 Å². The van der Waals surface area contributed by atoms with Crippen LogP contribution in [0.4, 0.5) is 24.7 Å². The minimum Gasteiger partial charge on any atom is -0.457 e. The highest BCUT2D eigenvalue weighted by molar-refractivity contribution is 5.59. The summed E-state index contributed by atoms with van der Waals surface area (Å²) in [6.45, 7) is 0. The molecule has 0 aliphatic rings. The second kappa shape index (κ2) is 6.64. The van der Waals surface area contributed by atoms with E-state index in [0.29, 0.717) is 11.5 Å². The van der Waals surface area contributed by atoms with Crippen LogP contribution < -0.4 is 10.1 Å². The summed E-state index contributed by atoms with van der Waals surface area (Å²) in [5, 5.41) is 7.43. The zero-order chi connectivity index (χ0) is 18.9. The number of rotatable bonds is 4. The summed E-state index contributed by atoms with van der Waals surface area (Å²) in [7, 11) is 0. The van der Waals surface area contributed by atoms with Crippen LogP contribution in [0.15, 0.2) is 73.1 Å². The van der Waals surface area contributed by atoms with Crippen molar-refractivity contribution in [2.45, 2.75) is 6.18 Å². The van der Waals surface area contributed by atoms with Gasteiger partial charge >= 0.3 is 6.18 Å². The van der Waals surface area contributed by atoms with Crippen molar-refractivity contribution in [3.8, 4) is 11.5 Å². The number of halogens is 3. The van der Waals surface area contributed by atoms with Gasteiger partial charge in [0.2, 0.25) is 0 Å². The quantitative estimate of drug-likeness (QED) is 0.531. The molecule has 2 heterocycles. The first-order valence-corrected chi connectivity index (χ1v) is 8.00. The number of ether oxygens (including phenoxy) is 1. The number of hydrogen-bond donors (Lipinski definition) is 1. The first-order valence-electron chi connectivity index (χ1n) is 8.00. The number of fused-ring (bicyclic) bond motifs is 1. The summed E-state index contributed by atoms with van der Waals surface area (Å²) in [5.74, 6) is 1.59. The maximum absolute atomic E-state index is 12.6. The zero-order valence-corrected chi connectivity index (χ0v) is 13.8. The molecule has 0 radical (unpaired) electrons. The van der Waals surface area contributed by atoms with E-state index in [1.807, 2.05) is 0 Å². The predicted molar refractivity (Wildman–Crippen MR) is 94.2 cm³/mol. The topological polar surface area (TPSA) is 51.5 Å². The van der Waals surface area contributed by atoms with Gasteiger partial charge in [0.1, 0.15) is 17.3 Å². The smallest absolute Gasteiger partial charge is 0.416 e. The predicted octanol–water partition coefficient (Wildman–Crippen LogP) is 5.28. The highest BCUT2D eigenvalue weighted by Gasteiger charge is 2.30. The summed E-state index contributed by atoms with van der Waals surface area (Å²) < 4.78 is 45.0. The molecule has 0 atom stereocenters. The molecule has 0 saturated heterocycles. The molecule has 0 fully saturated rings. The van der Waals surface area contributed by atoms with Gasteiger partial charge < -0.3 is 10.1 Å². The lowest BCUT2D eigenvalue weighted by molar-refractivity contribution is -0.137. The number of alkyl halides is 3. The molecule has 0 aliphatic carbocycles. The van der Waals surface area contributed by atoms with E-state index in [1.54, 1.807) is 53.3 Å². The van der Waals surface area contributed by atoms with Crippen molar-refractivity contribution < 1.29 is 17.9 Å². The Morgan fingerprint density at radius 2 is 1.48 bits per heavy atom. The molecule has 2 aromatic heterocycles. The number of nitrogens with zero attached hydrogens (tertiary/aromatic N) is 3. The Morgan fingerprint density at radius 1 is 0.815 bits per heavy atom. The van der Waals surface area contributed by atoms with Gasteiger partial charge in [-0.3, -0.25) is 0 Å². The molecule has 4 aromatic rings. The van der Waals surface area contributed by atoms with Crippen molar-refractivity contribution >= 4 is 17.2 Å². The lowest BCUT2D eigenvalue weighted by Crippen LogP contribution is -2.04. The first kappa shape index (κ1) is 16.9. The third kappa shape index (κ3) is 3.69. The van der Waals surface area contributed by atoms with Crippen LogP contribution in [-0.2, 0) is 6.18 Å². The van der Waals surface area contributed by atoms with E-state index < -0.39 is 11.7 Å². The van der Waals surface area contributed by atoms with Crippen molar-refractivity contribution in [3.63, 3.8) is 0 Å². The average molecular weight is 370 g/mol. The fourth-order valence-corrected chi connectivity index (χ4v) is 2.53. The molecule has 4 rings (SSSR count). The fourth-order valence-electron chi connectivity index (χ4n) is 2.53. The molecular formula is C19H13F3N4O. The minimum absolute atomic E-state index is 0.330. The summed E-state index contributed by atoms with van der Waals surface area (Å²) in [6.07, 6.45) is -1.02. The fraction of sp³-hybridized carbons (Fsp3) is 0.0526. The summed E-state index contributed by atoms with van der Waals surface area (Å²) in [4.78, 5) is 4.20. The van der Waals surface area contributed by atoms with E-state index in [9.17, 15) is 13.2 Å². The molecule has 2 aromatic carbocycles. The number of hydrogen-bond acceptors (Lipinski definition) is 4. The van der Waals surface area contributed by atoms with Crippen molar-refractivity contribution in [2.75, 3.05) is 5.32 Å². The number of anilines is 2. The van der Waals surface area contributed by atoms with Crippen LogP contribution in [0, 0.1) is 0 Å². The van der Waals surface area contributed by atoms with E-state index in [4.69, 9.17) is 4.74 Å². The SMILES string of the molecule is FC(F)(F)c1ccc(Oc2ccc(Nc3ccnc4ccnn34)cc2)cc1. The largest absolute Gasteiger partial charge is 0.457 e. The highest BCUT2D eigenvalue weighted by atomic mass is 19.4. The Morgan fingerprint density at radius 3 is 2.15 bits per heavy atom. The molecule has 0 spiro atoms. The molecule has 136 valence electrons. The Balaban J connectivity index is 1.47. The van der Waals surface area contributed by atoms with Crippen LogP contribution in [0.2, 0.25) is 0 Å². The number of nitrogens with one attached hydrogen (secondary N) is 1. The van der Waals surface area contributed by atoms with E-state index >= 15 is 0 Å².